The van der Waals surface area contributed by atoms with Crippen LogP contribution in [0.5, 0.6) is 0 Å². The fraction of sp³-hybridized carbons (Fsp3) is 0.300. The summed E-state index contributed by atoms with van der Waals surface area (Å²) in [5.74, 6) is -0.0580. The number of para-hydroxylation sites is 1. The summed E-state index contributed by atoms with van der Waals surface area (Å²) in [7, 11) is 7.93. The predicted octanol–water partition coefficient (Wildman–Crippen LogP) is 4.65. The molecule has 0 radical (unpaired) electrons. The molecular formula is C20H24Cl2N4OS. The Morgan fingerprint density at radius 1 is 1.04 bits per heavy atom. The third-order valence-electron chi connectivity index (χ3n) is 4.24. The van der Waals surface area contributed by atoms with Crippen LogP contribution >= 0.6 is 35.3 Å². The molecule has 8 heteroatoms. The van der Waals surface area contributed by atoms with Crippen LogP contribution in [0.25, 0.3) is 10.2 Å². The van der Waals surface area contributed by atoms with Gasteiger partial charge in [-0.3, -0.25) is 9.69 Å². The van der Waals surface area contributed by atoms with Crippen molar-refractivity contribution in [3.05, 3.63) is 53.1 Å². The molecule has 0 aliphatic heterocycles. The van der Waals surface area contributed by atoms with Crippen molar-refractivity contribution < 1.29 is 4.79 Å². The quantitative estimate of drug-likeness (QED) is 0.561. The van der Waals surface area contributed by atoms with Gasteiger partial charge in [0, 0.05) is 38.4 Å². The number of rotatable bonds is 6. The van der Waals surface area contributed by atoms with Crippen LogP contribution in [0, 0.1) is 0 Å². The van der Waals surface area contributed by atoms with Gasteiger partial charge in [0.1, 0.15) is 5.52 Å². The summed E-state index contributed by atoms with van der Waals surface area (Å²) in [5.41, 5.74) is 2.44. The topological polar surface area (TPSA) is 39.7 Å². The second kappa shape index (κ2) is 9.56. The smallest absolute Gasteiger partial charge is 0.260 e. The zero-order valence-corrected chi connectivity index (χ0v) is 18.7. The van der Waals surface area contributed by atoms with Crippen LogP contribution in [-0.2, 0) is 0 Å². The van der Waals surface area contributed by atoms with Gasteiger partial charge >= 0.3 is 0 Å². The van der Waals surface area contributed by atoms with E-state index in [1.165, 1.54) is 11.3 Å². The van der Waals surface area contributed by atoms with Gasteiger partial charge in [0.15, 0.2) is 5.13 Å². The second-order valence-corrected chi connectivity index (χ2v) is 8.20. The number of halogens is 2. The number of aromatic nitrogens is 1. The number of nitrogens with zero attached hydrogens (tertiary/aromatic N) is 4. The molecule has 0 saturated heterocycles. The van der Waals surface area contributed by atoms with Crippen LogP contribution in [0.15, 0.2) is 42.5 Å². The first-order valence-corrected chi connectivity index (χ1v) is 9.85. The normalized spacial score (nSPS) is 10.8. The molecule has 3 aromatic rings. The Balaban J connectivity index is 0.00000280. The van der Waals surface area contributed by atoms with Crippen LogP contribution < -0.4 is 9.80 Å². The highest BCUT2D eigenvalue weighted by Gasteiger charge is 2.22. The number of carbonyl (C=O) groups excluding carboxylic acids is 1. The van der Waals surface area contributed by atoms with Crippen molar-refractivity contribution in [3.8, 4) is 0 Å². The number of amides is 1. The Morgan fingerprint density at radius 3 is 2.29 bits per heavy atom. The summed E-state index contributed by atoms with van der Waals surface area (Å²) in [5, 5.41) is 1.27. The van der Waals surface area contributed by atoms with E-state index in [1.54, 1.807) is 4.90 Å². The van der Waals surface area contributed by atoms with Gasteiger partial charge in [0.05, 0.1) is 9.72 Å². The first kappa shape index (κ1) is 22.4. The molecule has 2 aromatic carbocycles. The van der Waals surface area contributed by atoms with E-state index in [4.69, 9.17) is 11.6 Å². The number of carbonyl (C=O) groups is 1. The number of thiazole rings is 1. The summed E-state index contributed by atoms with van der Waals surface area (Å²) >= 11 is 7.76. The first-order valence-electron chi connectivity index (χ1n) is 8.66. The minimum atomic E-state index is -0.0580. The van der Waals surface area contributed by atoms with Gasteiger partial charge in [-0.1, -0.05) is 29.0 Å². The van der Waals surface area contributed by atoms with E-state index in [-0.39, 0.29) is 18.3 Å². The lowest BCUT2D eigenvalue weighted by atomic mass is 10.1. The minimum Gasteiger partial charge on any atom is -0.378 e. The van der Waals surface area contributed by atoms with Gasteiger partial charge in [0.25, 0.3) is 5.91 Å². The molecule has 0 unspecified atom stereocenters. The average Bonchev–Trinajstić information content (AvgIpc) is 3.07. The Bertz CT molecular complexity index is 941. The van der Waals surface area contributed by atoms with Crippen LogP contribution in [-0.4, -0.2) is 57.1 Å². The van der Waals surface area contributed by atoms with Crippen LogP contribution in [0.3, 0.4) is 0 Å². The monoisotopic (exact) mass is 438 g/mol. The van der Waals surface area contributed by atoms with Crippen molar-refractivity contribution >= 4 is 62.3 Å². The third kappa shape index (κ3) is 4.94. The summed E-state index contributed by atoms with van der Waals surface area (Å²) in [6.45, 7) is 1.30. The molecule has 1 amide bonds. The maximum absolute atomic E-state index is 13.2. The van der Waals surface area contributed by atoms with E-state index in [1.807, 2.05) is 75.6 Å². The highest BCUT2D eigenvalue weighted by molar-refractivity contribution is 7.22. The van der Waals surface area contributed by atoms with Gasteiger partial charge in [-0.2, -0.15) is 0 Å². The lowest BCUT2D eigenvalue weighted by Crippen LogP contribution is -2.36. The third-order valence-corrected chi connectivity index (χ3v) is 5.58. The largest absolute Gasteiger partial charge is 0.378 e. The molecule has 0 spiro atoms. The van der Waals surface area contributed by atoms with Gasteiger partial charge in [-0.05, 0) is 50.5 Å². The van der Waals surface area contributed by atoms with E-state index in [2.05, 4.69) is 9.88 Å². The zero-order valence-electron chi connectivity index (χ0n) is 16.3. The molecule has 0 N–H and O–H groups in total. The zero-order chi connectivity index (χ0) is 19.6. The fourth-order valence-electron chi connectivity index (χ4n) is 2.66. The molecule has 1 heterocycles. The molecule has 28 heavy (non-hydrogen) atoms. The SMILES string of the molecule is CN(C)CCN(C(=O)c1ccc(N(C)C)cc1)c1nc2c(Cl)cccc2s1.Cl. The predicted molar refractivity (Wildman–Crippen MR) is 123 cm³/mol. The van der Waals surface area contributed by atoms with E-state index < -0.39 is 0 Å². The van der Waals surface area contributed by atoms with Crippen LogP contribution in [0.1, 0.15) is 10.4 Å². The molecule has 0 saturated carbocycles. The Morgan fingerprint density at radius 2 is 1.71 bits per heavy atom. The van der Waals surface area contributed by atoms with Crippen LogP contribution in [0.4, 0.5) is 10.8 Å². The molecule has 0 aliphatic rings. The minimum absolute atomic E-state index is 0. The van der Waals surface area contributed by atoms with Crippen LogP contribution in [0.2, 0.25) is 5.02 Å². The molecule has 3 rings (SSSR count). The molecule has 0 fully saturated rings. The Kier molecular flexibility index (Phi) is 7.66. The summed E-state index contributed by atoms with van der Waals surface area (Å²) in [6, 6.07) is 13.3. The first-order chi connectivity index (χ1) is 12.9. The molecule has 0 atom stereocenters. The van der Waals surface area contributed by atoms with Crippen molar-refractivity contribution in [2.24, 2.45) is 0 Å². The standard InChI is InChI=1S/C20H23ClN4OS.ClH/c1-23(2)12-13-25(19(26)14-8-10-15(11-9-14)24(3)4)20-22-18-16(21)6-5-7-17(18)27-20;/h5-11H,12-13H2,1-4H3;1H. The van der Waals surface area contributed by atoms with Gasteiger partial charge in [0.2, 0.25) is 0 Å². The summed E-state index contributed by atoms with van der Waals surface area (Å²) in [4.78, 5) is 23.7. The Labute approximate surface area is 180 Å². The van der Waals surface area contributed by atoms with E-state index in [0.29, 0.717) is 22.3 Å². The average molecular weight is 439 g/mol. The molecule has 5 nitrogen and oxygen atoms in total. The van der Waals surface area contributed by atoms with E-state index in [9.17, 15) is 4.79 Å². The van der Waals surface area contributed by atoms with Crippen molar-refractivity contribution in [2.75, 3.05) is 51.1 Å². The number of benzene rings is 2. The lowest BCUT2D eigenvalue weighted by molar-refractivity contribution is 0.0985. The highest BCUT2D eigenvalue weighted by atomic mass is 35.5. The Hall–Kier alpha value is -1.86. The molecule has 1 aromatic heterocycles. The van der Waals surface area contributed by atoms with Crippen molar-refractivity contribution in [2.45, 2.75) is 0 Å². The number of hydrogen-bond donors (Lipinski definition) is 0. The van der Waals surface area contributed by atoms with Gasteiger partial charge in [-0.25, -0.2) is 4.98 Å². The highest BCUT2D eigenvalue weighted by Crippen LogP contribution is 2.33. The summed E-state index contributed by atoms with van der Waals surface area (Å²) < 4.78 is 0.975. The van der Waals surface area contributed by atoms with Crippen molar-refractivity contribution in [3.63, 3.8) is 0 Å². The molecule has 150 valence electrons. The van der Waals surface area contributed by atoms with E-state index in [0.717, 1.165) is 22.4 Å². The molecule has 0 bridgehead atoms. The lowest BCUT2D eigenvalue weighted by Gasteiger charge is -2.22. The number of fused-ring (bicyclic) bond motifs is 1. The van der Waals surface area contributed by atoms with Gasteiger partial charge in [-0.15, -0.1) is 12.4 Å². The number of hydrogen-bond acceptors (Lipinski definition) is 5. The summed E-state index contributed by atoms with van der Waals surface area (Å²) in [6.07, 6.45) is 0. The van der Waals surface area contributed by atoms with Crippen molar-refractivity contribution in [1.82, 2.24) is 9.88 Å². The molecule has 0 aliphatic carbocycles. The number of anilines is 2. The van der Waals surface area contributed by atoms with E-state index >= 15 is 0 Å². The van der Waals surface area contributed by atoms with Crippen molar-refractivity contribution in [1.29, 1.82) is 0 Å². The molecular weight excluding hydrogens is 415 g/mol. The van der Waals surface area contributed by atoms with Gasteiger partial charge < -0.3 is 9.80 Å². The number of likely N-dealkylation sites (N-methyl/N-ethyl adjacent to an activating group) is 1. The second-order valence-electron chi connectivity index (χ2n) is 6.78. The maximum atomic E-state index is 13.2. The maximum Gasteiger partial charge on any atom is 0.260 e. The fourth-order valence-corrected chi connectivity index (χ4v) is 3.95.